The maximum absolute atomic E-state index is 11.1. The highest BCUT2D eigenvalue weighted by Gasteiger charge is 2.15. The summed E-state index contributed by atoms with van der Waals surface area (Å²) < 4.78 is 0.779. The van der Waals surface area contributed by atoms with E-state index in [9.17, 15) is 4.79 Å². The maximum Gasteiger partial charge on any atom is 0.337 e. The van der Waals surface area contributed by atoms with Crippen molar-refractivity contribution in [1.29, 1.82) is 0 Å². The molecule has 0 aliphatic heterocycles. The number of thiazole rings is 1. The molecule has 0 aliphatic carbocycles. The van der Waals surface area contributed by atoms with Crippen LogP contribution in [0.1, 0.15) is 40.7 Å². The quantitative estimate of drug-likeness (QED) is 0.867. The van der Waals surface area contributed by atoms with Crippen molar-refractivity contribution in [3.05, 3.63) is 28.3 Å². The molecule has 0 bridgehead atoms. The zero-order valence-corrected chi connectivity index (χ0v) is 10.3. The fraction of sp³-hybridized carbons (Fsp3) is 0.333. The van der Waals surface area contributed by atoms with Crippen LogP contribution in [0, 0.1) is 6.92 Å². The predicted molar refractivity (Wildman–Crippen MR) is 65.4 cm³/mol. The second kappa shape index (κ2) is 3.87. The number of fused-ring (bicyclic) bond motifs is 1. The minimum absolute atomic E-state index is 0.333. The van der Waals surface area contributed by atoms with Crippen LogP contribution in [0.2, 0.25) is 0 Å². The summed E-state index contributed by atoms with van der Waals surface area (Å²) in [7, 11) is 0. The van der Waals surface area contributed by atoms with E-state index in [-0.39, 0.29) is 0 Å². The molecular weight excluding hydrogens is 222 g/mol. The number of carbonyl (C=O) groups is 1. The Kier molecular flexibility index (Phi) is 2.68. The van der Waals surface area contributed by atoms with Crippen molar-refractivity contribution in [1.82, 2.24) is 4.98 Å². The number of aromatic nitrogens is 1. The first kappa shape index (κ1) is 11.1. The highest BCUT2D eigenvalue weighted by atomic mass is 32.1. The molecule has 0 spiro atoms. The molecule has 0 fully saturated rings. The largest absolute Gasteiger partial charge is 0.478 e. The second-order valence-electron chi connectivity index (χ2n) is 4.17. The fourth-order valence-corrected chi connectivity index (χ4v) is 2.65. The Morgan fingerprint density at radius 1 is 1.44 bits per heavy atom. The lowest BCUT2D eigenvalue weighted by Crippen LogP contribution is -1.96. The Morgan fingerprint density at radius 2 is 2.12 bits per heavy atom. The molecule has 84 valence electrons. The standard InChI is InChI=1S/C12H13NO2S/c1-6(2)11-13-9-5-7(3)4-8(12(14)15)10(9)16-11/h4-6H,1-3H3,(H,14,15). The summed E-state index contributed by atoms with van der Waals surface area (Å²) in [4.78, 5) is 15.6. The summed E-state index contributed by atoms with van der Waals surface area (Å²) >= 11 is 1.48. The van der Waals surface area contributed by atoms with Crippen molar-refractivity contribution in [2.45, 2.75) is 26.7 Å². The highest BCUT2D eigenvalue weighted by Crippen LogP contribution is 2.30. The van der Waals surface area contributed by atoms with Crippen LogP contribution < -0.4 is 0 Å². The number of benzene rings is 1. The number of hydrogen-bond acceptors (Lipinski definition) is 3. The summed E-state index contributed by atoms with van der Waals surface area (Å²) in [6.45, 7) is 6.01. The Labute approximate surface area is 97.8 Å². The maximum atomic E-state index is 11.1. The third-order valence-electron chi connectivity index (χ3n) is 2.38. The summed E-state index contributed by atoms with van der Waals surface area (Å²) in [5.41, 5.74) is 2.09. The number of aryl methyl sites for hydroxylation is 1. The van der Waals surface area contributed by atoms with Crippen molar-refractivity contribution >= 4 is 27.5 Å². The number of hydrogen-bond donors (Lipinski definition) is 1. The van der Waals surface area contributed by atoms with Gasteiger partial charge in [-0.1, -0.05) is 13.8 Å². The zero-order chi connectivity index (χ0) is 11.9. The van der Waals surface area contributed by atoms with Crippen molar-refractivity contribution in [2.75, 3.05) is 0 Å². The molecule has 4 heteroatoms. The summed E-state index contributed by atoms with van der Waals surface area (Å²) in [6, 6.07) is 3.64. The summed E-state index contributed by atoms with van der Waals surface area (Å²) in [5.74, 6) is -0.549. The Hall–Kier alpha value is -1.42. The molecular formula is C12H13NO2S. The van der Waals surface area contributed by atoms with Crippen molar-refractivity contribution in [3.63, 3.8) is 0 Å². The number of nitrogens with zero attached hydrogens (tertiary/aromatic N) is 1. The van der Waals surface area contributed by atoms with E-state index >= 15 is 0 Å². The van der Waals surface area contributed by atoms with E-state index in [4.69, 9.17) is 5.11 Å². The SMILES string of the molecule is Cc1cc(C(=O)O)c2sc(C(C)C)nc2c1. The van der Waals surface area contributed by atoms with Crippen molar-refractivity contribution in [3.8, 4) is 0 Å². The molecule has 2 rings (SSSR count). The van der Waals surface area contributed by atoms with E-state index in [1.54, 1.807) is 6.07 Å². The van der Waals surface area contributed by atoms with Crippen molar-refractivity contribution < 1.29 is 9.90 Å². The van der Waals surface area contributed by atoms with E-state index < -0.39 is 5.97 Å². The molecule has 1 aromatic carbocycles. The molecule has 0 aliphatic rings. The van der Waals surface area contributed by atoms with Crippen LogP contribution in [-0.4, -0.2) is 16.1 Å². The lowest BCUT2D eigenvalue weighted by Gasteiger charge is -1.97. The van der Waals surface area contributed by atoms with Crippen LogP contribution in [-0.2, 0) is 0 Å². The van der Waals surface area contributed by atoms with E-state index in [0.29, 0.717) is 11.5 Å². The van der Waals surface area contributed by atoms with Gasteiger partial charge in [0.15, 0.2) is 0 Å². The van der Waals surface area contributed by atoms with Gasteiger partial charge in [0, 0.05) is 5.92 Å². The fourth-order valence-electron chi connectivity index (χ4n) is 1.60. The van der Waals surface area contributed by atoms with Gasteiger partial charge in [-0.2, -0.15) is 0 Å². The van der Waals surface area contributed by atoms with E-state index in [2.05, 4.69) is 18.8 Å². The predicted octanol–water partition coefficient (Wildman–Crippen LogP) is 3.43. The molecule has 16 heavy (non-hydrogen) atoms. The monoisotopic (exact) mass is 235 g/mol. The van der Waals surface area contributed by atoms with Gasteiger partial charge in [-0.05, 0) is 24.6 Å². The molecule has 0 saturated heterocycles. The van der Waals surface area contributed by atoms with Gasteiger partial charge in [0.1, 0.15) is 0 Å². The smallest absolute Gasteiger partial charge is 0.337 e. The molecule has 1 N–H and O–H groups in total. The molecule has 2 aromatic rings. The molecule has 0 radical (unpaired) electrons. The van der Waals surface area contributed by atoms with Gasteiger partial charge in [0.25, 0.3) is 0 Å². The average molecular weight is 235 g/mol. The Morgan fingerprint density at radius 3 is 2.69 bits per heavy atom. The molecule has 0 saturated carbocycles. The van der Waals surface area contributed by atoms with Crippen LogP contribution in [0.15, 0.2) is 12.1 Å². The average Bonchev–Trinajstić information content (AvgIpc) is 2.59. The first-order valence-electron chi connectivity index (χ1n) is 5.13. The van der Waals surface area contributed by atoms with Gasteiger partial charge >= 0.3 is 5.97 Å². The van der Waals surface area contributed by atoms with Gasteiger partial charge in [-0.15, -0.1) is 11.3 Å². The molecule has 0 amide bonds. The molecule has 3 nitrogen and oxygen atoms in total. The first-order valence-corrected chi connectivity index (χ1v) is 5.95. The van der Waals surface area contributed by atoms with E-state index in [1.807, 2.05) is 13.0 Å². The highest BCUT2D eigenvalue weighted by molar-refractivity contribution is 7.19. The van der Waals surface area contributed by atoms with Crippen LogP contribution in [0.5, 0.6) is 0 Å². The number of carboxylic acid groups (broad SMARTS) is 1. The molecule has 1 heterocycles. The number of carboxylic acids is 1. The van der Waals surface area contributed by atoms with Gasteiger partial charge in [0.05, 0.1) is 20.8 Å². The third-order valence-corrected chi connectivity index (χ3v) is 3.78. The van der Waals surface area contributed by atoms with Gasteiger partial charge in [0.2, 0.25) is 0 Å². The van der Waals surface area contributed by atoms with Gasteiger partial charge < -0.3 is 5.11 Å². The topological polar surface area (TPSA) is 50.2 Å². The van der Waals surface area contributed by atoms with E-state index in [1.165, 1.54) is 11.3 Å². The number of aromatic carboxylic acids is 1. The van der Waals surface area contributed by atoms with Gasteiger partial charge in [-0.3, -0.25) is 0 Å². The van der Waals surface area contributed by atoms with Gasteiger partial charge in [-0.25, -0.2) is 9.78 Å². The second-order valence-corrected chi connectivity index (χ2v) is 5.20. The molecule has 0 atom stereocenters. The van der Waals surface area contributed by atoms with E-state index in [0.717, 1.165) is 20.8 Å². The first-order chi connectivity index (χ1) is 7.49. The van der Waals surface area contributed by atoms with Crippen LogP contribution >= 0.6 is 11.3 Å². The normalized spacial score (nSPS) is 11.2. The van der Waals surface area contributed by atoms with Crippen LogP contribution in [0.4, 0.5) is 0 Å². The minimum Gasteiger partial charge on any atom is -0.478 e. The minimum atomic E-state index is -0.882. The lowest BCUT2D eigenvalue weighted by molar-refractivity contribution is 0.0699. The summed E-state index contributed by atoms with van der Waals surface area (Å²) in [6.07, 6.45) is 0. The molecule has 1 aromatic heterocycles. The lowest BCUT2D eigenvalue weighted by atomic mass is 10.1. The van der Waals surface area contributed by atoms with Crippen molar-refractivity contribution in [2.24, 2.45) is 0 Å². The third kappa shape index (κ3) is 1.80. The van der Waals surface area contributed by atoms with Crippen LogP contribution in [0.3, 0.4) is 0 Å². The zero-order valence-electron chi connectivity index (χ0n) is 9.44. The Balaban J connectivity index is 2.75. The Bertz CT molecular complexity index is 557. The van der Waals surface area contributed by atoms with Crippen LogP contribution in [0.25, 0.3) is 10.2 Å². The summed E-state index contributed by atoms with van der Waals surface area (Å²) in [5, 5.41) is 10.1. The number of rotatable bonds is 2. The molecule has 0 unspecified atom stereocenters.